The molecule has 1 atom stereocenters. The Bertz CT molecular complexity index is 549. The van der Waals surface area contributed by atoms with Crippen LogP contribution in [0.2, 0.25) is 0 Å². The van der Waals surface area contributed by atoms with Crippen molar-refractivity contribution in [3.05, 3.63) is 30.0 Å². The van der Waals surface area contributed by atoms with Crippen LogP contribution in [0.5, 0.6) is 5.75 Å². The maximum Gasteiger partial charge on any atom is 0.119 e. The normalized spacial score (nSPS) is 21.3. The second kappa shape index (κ2) is 4.63. The van der Waals surface area contributed by atoms with E-state index in [1.54, 1.807) is 7.11 Å². The highest BCUT2D eigenvalue weighted by Gasteiger charge is 2.20. The molecule has 18 heavy (non-hydrogen) atoms. The third-order valence-corrected chi connectivity index (χ3v) is 3.67. The zero-order valence-corrected chi connectivity index (χ0v) is 10.9. The third-order valence-electron chi connectivity index (χ3n) is 3.67. The number of hydrogen-bond acceptors (Lipinski definition) is 3. The Morgan fingerprint density at radius 3 is 3.06 bits per heavy atom. The van der Waals surface area contributed by atoms with Gasteiger partial charge in [-0.15, -0.1) is 0 Å². The number of fused-ring (bicyclic) bond motifs is 1. The van der Waals surface area contributed by atoms with Gasteiger partial charge in [-0.1, -0.05) is 0 Å². The number of aromatic amines is 1. The van der Waals surface area contributed by atoms with Crippen LogP contribution in [-0.2, 0) is 0 Å². The van der Waals surface area contributed by atoms with Gasteiger partial charge >= 0.3 is 0 Å². The standard InChI is InChI=1S/C14H19N3O/c1-17-6-5-15-14(9-17)12-8-16-13-4-3-10(18-2)7-11(12)13/h3-4,7-8,14-16H,5-6,9H2,1-2H3. The van der Waals surface area contributed by atoms with Crippen molar-refractivity contribution in [1.82, 2.24) is 15.2 Å². The van der Waals surface area contributed by atoms with Gasteiger partial charge < -0.3 is 19.9 Å². The Hall–Kier alpha value is -1.52. The number of nitrogens with zero attached hydrogens (tertiary/aromatic N) is 1. The maximum atomic E-state index is 5.31. The molecule has 1 unspecified atom stereocenters. The van der Waals surface area contributed by atoms with Crippen LogP contribution in [0.3, 0.4) is 0 Å². The van der Waals surface area contributed by atoms with Crippen molar-refractivity contribution in [2.75, 3.05) is 33.8 Å². The molecule has 4 heteroatoms. The molecule has 1 aliphatic rings. The van der Waals surface area contributed by atoms with Crippen LogP contribution in [0, 0.1) is 0 Å². The van der Waals surface area contributed by atoms with Crippen molar-refractivity contribution in [2.24, 2.45) is 0 Å². The molecule has 1 aliphatic heterocycles. The first-order chi connectivity index (χ1) is 8.78. The van der Waals surface area contributed by atoms with Gasteiger partial charge in [0.15, 0.2) is 0 Å². The largest absolute Gasteiger partial charge is 0.497 e. The van der Waals surface area contributed by atoms with E-state index < -0.39 is 0 Å². The van der Waals surface area contributed by atoms with E-state index in [0.29, 0.717) is 6.04 Å². The van der Waals surface area contributed by atoms with E-state index in [4.69, 9.17) is 4.74 Å². The number of methoxy groups -OCH3 is 1. The predicted molar refractivity (Wildman–Crippen MR) is 73.1 cm³/mol. The van der Waals surface area contributed by atoms with Gasteiger partial charge in [-0.05, 0) is 30.8 Å². The quantitative estimate of drug-likeness (QED) is 0.847. The minimum atomic E-state index is 0.393. The Morgan fingerprint density at radius 1 is 1.39 bits per heavy atom. The molecule has 3 rings (SSSR count). The average Bonchev–Trinajstić information content (AvgIpc) is 2.81. The van der Waals surface area contributed by atoms with E-state index in [-0.39, 0.29) is 0 Å². The third kappa shape index (κ3) is 1.98. The number of ether oxygens (including phenoxy) is 1. The summed E-state index contributed by atoms with van der Waals surface area (Å²) < 4.78 is 5.31. The van der Waals surface area contributed by atoms with Crippen molar-refractivity contribution >= 4 is 10.9 Å². The molecule has 2 N–H and O–H groups in total. The Labute approximate surface area is 107 Å². The van der Waals surface area contributed by atoms with E-state index in [9.17, 15) is 0 Å². The lowest BCUT2D eigenvalue weighted by Gasteiger charge is -2.30. The Kier molecular flexibility index (Phi) is 2.97. The van der Waals surface area contributed by atoms with E-state index in [1.807, 2.05) is 6.07 Å². The van der Waals surface area contributed by atoms with Gasteiger partial charge in [0.05, 0.1) is 7.11 Å². The molecule has 1 aromatic carbocycles. The fourth-order valence-electron chi connectivity index (χ4n) is 2.64. The first-order valence-corrected chi connectivity index (χ1v) is 6.35. The van der Waals surface area contributed by atoms with Crippen LogP contribution in [-0.4, -0.2) is 43.7 Å². The molecule has 1 fully saturated rings. The summed E-state index contributed by atoms with van der Waals surface area (Å²) in [5.41, 5.74) is 2.50. The van der Waals surface area contributed by atoms with Crippen molar-refractivity contribution in [1.29, 1.82) is 0 Å². The molecule has 0 spiro atoms. The Morgan fingerprint density at radius 2 is 2.28 bits per heavy atom. The number of likely N-dealkylation sites (N-methyl/N-ethyl adjacent to an activating group) is 1. The number of rotatable bonds is 2. The van der Waals surface area contributed by atoms with E-state index >= 15 is 0 Å². The van der Waals surface area contributed by atoms with Crippen molar-refractivity contribution in [2.45, 2.75) is 6.04 Å². The number of H-pyrrole nitrogens is 1. The molecule has 1 saturated heterocycles. The molecule has 0 amide bonds. The second-order valence-corrected chi connectivity index (χ2v) is 4.92. The average molecular weight is 245 g/mol. The molecule has 0 saturated carbocycles. The van der Waals surface area contributed by atoms with Gasteiger partial charge in [-0.25, -0.2) is 0 Å². The van der Waals surface area contributed by atoms with Gasteiger partial charge in [0.25, 0.3) is 0 Å². The highest BCUT2D eigenvalue weighted by molar-refractivity contribution is 5.85. The van der Waals surface area contributed by atoms with Gasteiger partial charge in [-0.3, -0.25) is 0 Å². The molecule has 96 valence electrons. The van der Waals surface area contributed by atoms with Crippen LogP contribution in [0.25, 0.3) is 10.9 Å². The fraction of sp³-hybridized carbons (Fsp3) is 0.429. The topological polar surface area (TPSA) is 40.3 Å². The van der Waals surface area contributed by atoms with Crippen molar-refractivity contribution in [3.8, 4) is 5.75 Å². The number of hydrogen-bond donors (Lipinski definition) is 2. The first kappa shape index (κ1) is 11.6. The molecule has 0 aliphatic carbocycles. The summed E-state index contributed by atoms with van der Waals surface area (Å²) in [4.78, 5) is 5.70. The highest BCUT2D eigenvalue weighted by atomic mass is 16.5. The number of nitrogens with one attached hydrogen (secondary N) is 2. The first-order valence-electron chi connectivity index (χ1n) is 6.35. The molecular formula is C14H19N3O. The molecular weight excluding hydrogens is 226 g/mol. The van der Waals surface area contributed by atoms with E-state index in [0.717, 1.165) is 25.4 Å². The zero-order chi connectivity index (χ0) is 12.5. The summed E-state index contributed by atoms with van der Waals surface area (Å²) in [6.07, 6.45) is 2.11. The lowest BCUT2D eigenvalue weighted by Crippen LogP contribution is -2.43. The predicted octanol–water partition coefficient (Wildman–Crippen LogP) is 1.75. The maximum absolute atomic E-state index is 5.31. The van der Waals surface area contributed by atoms with Gasteiger partial charge in [0.2, 0.25) is 0 Å². The summed E-state index contributed by atoms with van der Waals surface area (Å²) in [5.74, 6) is 0.910. The van der Waals surface area contributed by atoms with E-state index in [1.165, 1.54) is 16.5 Å². The van der Waals surface area contributed by atoms with Crippen LogP contribution in [0.1, 0.15) is 11.6 Å². The molecule has 0 radical (unpaired) electrons. The lowest BCUT2D eigenvalue weighted by atomic mass is 10.0. The number of benzene rings is 1. The summed E-state index contributed by atoms with van der Waals surface area (Å²) in [7, 11) is 3.88. The minimum Gasteiger partial charge on any atom is -0.497 e. The minimum absolute atomic E-state index is 0.393. The van der Waals surface area contributed by atoms with Gasteiger partial charge in [0, 0.05) is 42.8 Å². The zero-order valence-electron chi connectivity index (χ0n) is 10.9. The van der Waals surface area contributed by atoms with Crippen molar-refractivity contribution < 1.29 is 4.74 Å². The summed E-state index contributed by atoms with van der Waals surface area (Å²) in [5, 5.41) is 4.83. The lowest BCUT2D eigenvalue weighted by molar-refractivity contribution is 0.241. The molecule has 0 bridgehead atoms. The SMILES string of the molecule is COc1ccc2[nH]cc(C3CN(C)CCN3)c2c1. The highest BCUT2D eigenvalue weighted by Crippen LogP contribution is 2.28. The van der Waals surface area contributed by atoms with Crippen molar-refractivity contribution in [3.63, 3.8) is 0 Å². The summed E-state index contributed by atoms with van der Waals surface area (Å²) >= 11 is 0. The van der Waals surface area contributed by atoms with Gasteiger partial charge in [-0.2, -0.15) is 0 Å². The second-order valence-electron chi connectivity index (χ2n) is 4.92. The van der Waals surface area contributed by atoms with Crippen LogP contribution < -0.4 is 10.1 Å². The Balaban J connectivity index is 2.00. The van der Waals surface area contributed by atoms with Crippen LogP contribution in [0.4, 0.5) is 0 Å². The molecule has 2 heterocycles. The van der Waals surface area contributed by atoms with Gasteiger partial charge in [0.1, 0.15) is 5.75 Å². The molecule has 1 aromatic heterocycles. The molecule has 4 nitrogen and oxygen atoms in total. The smallest absolute Gasteiger partial charge is 0.119 e. The molecule has 2 aromatic rings. The summed E-state index contributed by atoms with van der Waals surface area (Å²) in [6.45, 7) is 3.20. The number of piperazine rings is 1. The monoisotopic (exact) mass is 245 g/mol. The van der Waals surface area contributed by atoms with Crippen LogP contribution in [0.15, 0.2) is 24.4 Å². The van der Waals surface area contributed by atoms with E-state index in [2.05, 4.69) is 40.6 Å². The number of aromatic nitrogens is 1. The summed E-state index contributed by atoms with van der Waals surface area (Å²) in [6, 6.07) is 6.56. The van der Waals surface area contributed by atoms with Crippen LogP contribution >= 0.6 is 0 Å². The fourth-order valence-corrected chi connectivity index (χ4v) is 2.64.